The van der Waals surface area contributed by atoms with Crippen LogP contribution in [0.2, 0.25) is 0 Å². The highest BCUT2D eigenvalue weighted by molar-refractivity contribution is 7.85. The lowest BCUT2D eigenvalue weighted by Gasteiger charge is -2.03. The number of hydrogen-bond donors (Lipinski definition) is 0. The van der Waals surface area contributed by atoms with Crippen molar-refractivity contribution in [2.45, 2.75) is 6.42 Å². The van der Waals surface area contributed by atoms with Gasteiger partial charge in [-0.25, -0.2) is 0 Å². The van der Waals surface area contributed by atoms with Gasteiger partial charge in [0.2, 0.25) is 0 Å². The van der Waals surface area contributed by atoms with Gasteiger partial charge in [0.25, 0.3) is 10.1 Å². The van der Waals surface area contributed by atoms with E-state index in [-0.39, 0.29) is 6.61 Å². The second-order valence-electron chi connectivity index (χ2n) is 3.81. The number of pyridine rings is 1. The first kappa shape index (κ1) is 12.0. The second-order valence-corrected chi connectivity index (χ2v) is 5.45. The highest BCUT2D eigenvalue weighted by Gasteiger charge is 2.02. The minimum absolute atomic E-state index is 0.171. The molecule has 0 saturated carbocycles. The third kappa shape index (κ3) is 3.51. The summed E-state index contributed by atoms with van der Waals surface area (Å²) in [4.78, 5) is 4.21. The van der Waals surface area contributed by atoms with Crippen LogP contribution in [-0.4, -0.2) is 26.3 Å². The van der Waals surface area contributed by atoms with Crippen LogP contribution in [0.5, 0.6) is 0 Å². The van der Waals surface area contributed by atoms with Crippen molar-refractivity contribution in [3.05, 3.63) is 42.1 Å². The summed E-state index contributed by atoms with van der Waals surface area (Å²) < 4.78 is 26.3. The van der Waals surface area contributed by atoms with E-state index in [4.69, 9.17) is 4.18 Å². The first-order valence-corrected chi connectivity index (χ1v) is 7.04. The van der Waals surface area contributed by atoms with Gasteiger partial charge in [-0.15, -0.1) is 0 Å². The number of nitrogens with zero attached hydrogens (tertiary/aromatic N) is 1. The third-order valence-corrected chi connectivity index (χ3v) is 2.95. The number of benzene rings is 1. The molecule has 0 aliphatic rings. The largest absolute Gasteiger partial charge is 0.270 e. The summed E-state index contributed by atoms with van der Waals surface area (Å²) in [5.74, 6) is 0. The molecule has 0 aliphatic heterocycles. The minimum Gasteiger partial charge on any atom is -0.270 e. The zero-order valence-electron chi connectivity index (χ0n) is 9.46. The predicted molar refractivity (Wildman–Crippen MR) is 66.2 cm³/mol. The Labute approximate surface area is 100 Å². The van der Waals surface area contributed by atoms with Crippen LogP contribution in [0.25, 0.3) is 10.9 Å². The maximum Gasteiger partial charge on any atom is 0.264 e. The zero-order valence-corrected chi connectivity index (χ0v) is 10.3. The average molecular weight is 251 g/mol. The van der Waals surface area contributed by atoms with Gasteiger partial charge in [0.1, 0.15) is 0 Å². The summed E-state index contributed by atoms with van der Waals surface area (Å²) in [7, 11) is -3.35. The van der Waals surface area contributed by atoms with Gasteiger partial charge in [-0.1, -0.05) is 12.1 Å². The Morgan fingerprint density at radius 2 is 2.12 bits per heavy atom. The van der Waals surface area contributed by atoms with Gasteiger partial charge >= 0.3 is 0 Å². The fraction of sp³-hybridized carbons (Fsp3) is 0.250. The first-order chi connectivity index (χ1) is 8.04. The van der Waals surface area contributed by atoms with Crippen LogP contribution >= 0.6 is 0 Å². The molecule has 0 fully saturated rings. The predicted octanol–water partition coefficient (Wildman–Crippen LogP) is 1.75. The molecule has 4 nitrogen and oxygen atoms in total. The summed E-state index contributed by atoms with van der Waals surface area (Å²) in [6, 6.07) is 9.70. The topological polar surface area (TPSA) is 56.3 Å². The molecule has 0 saturated heterocycles. The van der Waals surface area contributed by atoms with Crippen LogP contribution in [0.15, 0.2) is 36.5 Å². The Hall–Kier alpha value is -1.46. The molecule has 17 heavy (non-hydrogen) atoms. The van der Waals surface area contributed by atoms with Crippen LogP contribution in [0, 0.1) is 0 Å². The average Bonchev–Trinajstić information content (AvgIpc) is 2.27. The van der Waals surface area contributed by atoms with E-state index in [1.54, 1.807) is 6.20 Å². The van der Waals surface area contributed by atoms with Gasteiger partial charge in [0.05, 0.1) is 18.4 Å². The van der Waals surface area contributed by atoms with Crippen LogP contribution in [-0.2, 0) is 20.7 Å². The second kappa shape index (κ2) is 4.81. The standard InChI is InChI=1S/C12H13NO3S/c1-17(14,15)16-8-6-10-4-5-12-11(9-10)3-2-7-13-12/h2-5,7,9H,6,8H2,1H3. The monoisotopic (exact) mass is 251 g/mol. The summed E-state index contributed by atoms with van der Waals surface area (Å²) in [6.45, 7) is 0.171. The normalized spacial score (nSPS) is 11.8. The Bertz CT molecular complexity index is 622. The molecule has 0 aliphatic carbocycles. The molecular formula is C12H13NO3S. The van der Waals surface area contributed by atoms with Gasteiger partial charge in [-0.2, -0.15) is 8.42 Å². The molecule has 0 radical (unpaired) electrons. The summed E-state index contributed by atoms with van der Waals surface area (Å²) in [5, 5.41) is 1.05. The number of rotatable bonds is 4. The zero-order chi connectivity index (χ0) is 12.3. The summed E-state index contributed by atoms with van der Waals surface area (Å²) in [5.41, 5.74) is 1.97. The van der Waals surface area contributed by atoms with Crippen molar-refractivity contribution < 1.29 is 12.6 Å². The number of aromatic nitrogens is 1. The summed E-state index contributed by atoms with van der Waals surface area (Å²) in [6.07, 6.45) is 3.37. The fourth-order valence-electron chi connectivity index (χ4n) is 1.59. The van der Waals surface area contributed by atoms with Crippen molar-refractivity contribution >= 4 is 21.0 Å². The van der Waals surface area contributed by atoms with Crippen LogP contribution < -0.4 is 0 Å². The molecule has 5 heteroatoms. The highest BCUT2D eigenvalue weighted by atomic mass is 32.2. The molecule has 1 aromatic carbocycles. The molecule has 2 aromatic rings. The molecule has 0 unspecified atom stereocenters. The van der Waals surface area contributed by atoms with Crippen molar-refractivity contribution in [3.63, 3.8) is 0 Å². The molecule has 1 heterocycles. The van der Waals surface area contributed by atoms with E-state index < -0.39 is 10.1 Å². The van der Waals surface area contributed by atoms with Gasteiger partial charge in [0, 0.05) is 11.6 Å². The molecule has 1 aromatic heterocycles. The maximum atomic E-state index is 10.8. The van der Waals surface area contributed by atoms with Crippen LogP contribution in [0.1, 0.15) is 5.56 Å². The molecule has 90 valence electrons. The molecule has 0 atom stereocenters. The van der Waals surface area contributed by atoms with Gasteiger partial charge in [0.15, 0.2) is 0 Å². The Kier molecular flexibility index (Phi) is 3.40. The smallest absolute Gasteiger partial charge is 0.264 e. The summed E-state index contributed by atoms with van der Waals surface area (Å²) >= 11 is 0. The van der Waals surface area contributed by atoms with E-state index in [0.29, 0.717) is 6.42 Å². The van der Waals surface area contributed by atoms with Crippen molar-refractivity contribution in [1.82, 2.24) is 4.98 Å². The van der Waals surface area contributed by atoms with E-state index in [9.17, 15) is 8.42 Å². The van der Waals surface area contributed by atoms with E-state index in [2.05, 4.69) is 4.98 Å². The SMILES string of the molecule is CS(=O)(=O)OCCc1ccc2ncccc2c1. The molecule has 0 bridgehead atoms. The highest BCUT2D eigenvalue weighted by Crippen LogP contribution is 2.13. The molecular weight excluding hydrogens is 238 g/mol. The van der Waals surface area contributed by atoms with Gasteiger partial charge in [-0.3, -0.25) is 9.17 Å². The van der Waals surface area contributed by atoms with Crippen LogP contribution in [0.3, 0.4) is 0 Å². The van der Waals surface area contributed by atoms with Crippen molar-refractivity contribution in [2.24, 2.45) is 0 Å². The molecule has 0 N–H and O–H groups in total. The first-order valence-electron chi connectivity index (χ1n) is 5.23. The molecule has 0 amide bonds. The van der Waals surface area contributed by atoms with Gasteiger partial charge in [-0.05, 0) is 30.2 Å². The van der Waals surface area contributed by atoms with E-state index >= 15 is 0 Å². The van der Waals surface area contributed by atoms with E-state index in [0.717, 1.165) is 22.7 Å². The lowest BCUT2D eigenvalue weighted by atomic mass is 10.1. The Morgan fingerprint density at radius 3 is 2.88 bits per heavy atom. The Balaban J connectivity index is 2.09. The minimum atomic E-state index is -3.35. The molecule has 2 rings (SSSR count). The van der Waals surface area contributed by atoms with Crippen molar-refractivity contribution in [2.75, 3.05) is 12.9 Å². The quantitative estimate of drug-likeness (QED) is 0.777. The third-order valence-electron chi connectivity index (χ3n) is 2.36. The van der Waals surface area contributed by atoms with Crippen molar-refractivity contribution in [3.8, 4) is 0 Å². The lowest BCUT2D eigenvalue weighted by Crippen LogP contribution is -2.06. The lowest BCUT2D eigenvalue weighted by molar-refractivity contribution is 0.326. The Morgan fingerprint density at radius 1 is 1.29 bits per heavy atom. The fourth-order valence-corrected chi connectivity index (χ4v) is 1.98. The van der Waals surface area contributed by atoms with E-state index in [1.807, 2.05) is 30.3 Å². The van der Waals surface area contributed by atoms with Crippen molar-refractivity contribution in [1.29, 1.82) is 0 Å². The molecule has 0 spiro atoms. The van der Waals surface area contributed by atoms with Crippen LogP contribution in [0.4, 0.5) is 0 Å². The van der Waals surface area contributed by atoms with E-state index in [1.165, 1.54) is 0 Å². The maximum absolute atomic E-state index is 10.8. The number of hydrogen-bond acceptors (Lipinski definition) is 4. The number of fused-ring (bicyclic) bond motifs is 1. The van der Waals surface area contributed by atoms with Gasteiger partial charge < -0.3 is 0 Å².